The van der Waals surface area contributed by atoms with Crippen LogP contribution in [0, 0.1) is 11.3 Å². The lowest BCUT2D eigenvalue weighted by Gasteiger charge is -2.25. The van der Waals surface area contributed by atoms with Crippen LogP contribution in [0.25, 0.3) is 0 Å². The van der Waals surface area contributed by atoms with Gasteiger partial charge in [-0.2, -0.15) is 5.26 Å². The van der Waals surface area contributed by atoms with Gasteiger partial charge in [0.1, 0.15) is 0 Å². The largest absolute Gasteiger partial charge is 0.305 e. The van der Waals surface area contributed by atoms with E-state index in [2.05, 4.69) is 30.0 Å². The molecule has 0 aromatic carbocycles. The zero-order valence-electron chi connectivity index (χ0n) is 10.1. The van der Waals surface area contributed by atoms with Crippen LogP contribution in [-0.2, 0) is 0 Å². The lowest BCUT2D eigenvalue weighted by Crippen LogP contribution is -2.36. The van der Waals surface area contributed by atoms with Gasteiger partial charge in [-0.1, -0.05) is 0 Å². The molecule has 0 N–H and O–H groups in total. The fraction of sp³-hybridized carbons (Fsp3) is 0.917. The monoisotopic (exact) mass is 209 g/mol. The van der Waals surface area contributed by atoms with Crippen molar-refractivity contribution in [1.29, 1.82) is 5.26 Å². The summed E-state index contributed by atoms with van der Waals surface area (Å²) in [6, 6.07) is 2.95. The molecule has 1 fully saturated rings. The van der Waals surface area contributed by atoms with E-state index in [-0.39, 0.29) is 0 Å². The molecular formula is C12H23N3. The molecule has 1 heterocycles. The molecule has 0 aromatic rings. The van der Waals surface area contributed by atoms with Crippen molar-refractivity contribution in [3.05, 3.63) is 0 Å². The number of likely N-dealkylation sites (N-methyl/N-ethyl adjacent to an activating group) is 2. The van der Waals surface area contributed by atoms with E-state index in [0.29, 0.717) is 6.42 Å². The smallest absolute Gasteiger partial charge is 0.0621 e. The summed E-state index contributed by atoms with van der Waals surface area (Å²) >= 11 is 0. The molecular weight excluding hydrogens is 186 g/mol. The number of likely N-dealkylation sites (tertiary alicyclic amines) is 1. The van der Waals surface area contributed by atoms with Crippen LogP contribution in [0.1, 0.15) is 32.1 Å². The molecule has 3 heteroatoms. The van der Waals surface area contributed by atoms with Crippen LogP contribution in [0.5, 0.6) is 0 Å². The number of hydrogen-bond donors (Lipinski definition) is 0. The predicted molar refractivity (Wildman–Crippen MR) is 62.6 cm³/mol. The molecule has 0 aromatic heterocycles. The van der Waals surface area contributed by atoms with Crippen LogP contribution in [0.4, 0.5) is 0 Å². The van der Waals surface area contributed by atoms with E-state index < -0.39 is 0 Å². The third kappa shape index (κ3) is 4.63. The van der Waals surface area contributed by atoms with Crippen molar-refractivity contribution in [3.8, 4) is 6.07 Å². The maximum Gasteiger partial charge on any atom is 0.0621 e. The average Bonchev–Trinajstić information content (AvgIpc) is 2.59. The van der Waals surface area contributed by atoms with Gasteiger partial charge >= 0.3 is 0 Å². The molecule has 1 rings (SSSR count). The number of rotatable bonds is 6. The van der Waals surface area contributed by atoms with Gasteiger partial charge in [-0.05, 0) is 52.9 Å². The van der Waals surface area contributed by atoms with E-state index in [4.69, 9.17) is 5.26 Å². The highest BCUT2D eigenvalue weighted by atomic mass is 15.2. The Morgan fingerprint density at radius 2 is 2.27 bits per heavy atom. The first-order valence-electron chi connectivity index (χ1n) is 5.99. The summed E-state index contributed by atoms with van der Waals surface area (Å²) in [5, 5.41) is 8.43. The van der Waals surface area contributed by atoms with Crippen molar-refractivity contribution >= 4 is 0 Å². The summed E-state index contributed by atoms with van der Waals surface area (Å²) < 4.78 is 0. The highest BCUT2D eigenvalue weighted by Crippen LogP contribution is 2.15. The van der Waals surface area contributed by atoms with Gasteiger partial charge in [0.05, 0.1) is 6.07 Å². The molecule has 86 valence electrons. The minimum Gasteiger partial charge on any atom is -0.305 e. The Bertz CT molecular complexity index is 209. The Labute approximate surface area is 93.7 Å². The molecule has 0 aliphatic carbocycles. The Balaban J connectivity index is 2.07. The highest BCUT2D eigenvalue weighted by Gasteiger charge is 2.21. The first kappa shape index (κ1) is 12.5. The standard InChI is InChI=1S/C12H23N3/c1-14(9-5-3-4-8-13)11-12-7-6-10-15(12)2/h12H,3-7,9-11H2,1-2H3. The number of hydrogen-bond acceptors (Lipinski definition) is 3. The zero-order valence-corrected chi connectivity index (χ0v) is 10.1. The Hall–Kier alpha value is -0.590. The van der Waals surface area contributed by atoms with E-state index in [1.54, 1.807) is 0 Å². The average molecular weight is 209 g/mol. The molecule has 1 unspecified atom stereocenters. The zero-order chi connectivity index (χ0) is 11.1. The van der Waals surface area contributed by atoms with Gasteiger partial charge in [0.25, 0.3) is 0 Å². The van der Waals surface area contributed by atoms with Crippen molar-refractivity contribution < 1.29 is 0 Å². The maximum absolute atomic E-state index is 8.43. The summed E-state index contributed by atoms with van der Waals surface area (Å²) in [4.78, 5) is 4.87. The van der Waals surface area contributed by atoms with Crippen molar-refractivity contribution in [1.82, 2.24) is 9.80 Å². The van der Waals surface area contributed by atoms with Gasteiger partial charge in [0.2, 0.25) is 0 Å². The Morgan fingerprint density at radius 1 is 1.47 bits per heavy atom. The molecule has 0 radical (unpaired) electrons. The Morgan fingerprint density at radius 3 is 2.87 bits per heavy atom. The topological polar surface area (TPSA) is 30.3 Å². The van der Waals surface area contributed by atoms with Crippen LogP contribution >= 0.6 is 0 Å². The number of unbranched alkanes of at least 4 members (excludes halogenated alkanes) is 2. The Kier molecular flexibility index (Phi) is 5.67. The maximum atomic E-state index is 8.43. The summed E-state index contributed by atoms with van der Waals surface area (Å²) in [7, 11) is 4.42. The van der Waals surface area contributed by atoms with E-state index in [9.17, 15) is 0 Å². The van der Waals surface area contributed by atoms with E-state index in [1.165, 1.54) is 25.9 Å². The fourth-order valence-electron chi connectivity index (χ4n) is 2.25. The van der Waals surface area contributed by atoms with Crippen LogP contribution in [0.2, 0.25) is 0 Å². The minimum absolute atomic E-state index is 0.706. The van der Waals surface area contributed by atoms with Gasteiger partial charge in [-0.3, -0.25) is 0 Å². The van der Waals surface area contributed by atoms with Crippen molar-refractivity contribution in [2.45, 2.75) is 38.1 Å². The van der Waals surface area contributed by atoms with E-state index in [1.807, 2.05) is 0 Å². The lowest BCUT2D eigenvalue weighted by atomic mass is 10.2. The van der Waals surface area contributed by atoms with E-state index >= 15 is 0 Å². The molecule has 1 saturated heterocycles. The van der Waals surface area contributed by atoms with Gasteiger partial charge in [-0.25, -0.2) is 0 Å². The third-order valence-corrected chi connectivity index (χ3v) is 3.27. The molecule has 15 heavy (non-hydrogen) atoms. The summed E-state index contributed by atoms with van der Waals surface area (Å²) in [5.41, 5.74) is 0. The van der Waals surface area contributed by atoms with Crippen LogP contribution in [0.3, 0.4) is 0 Å². The van der Waals surface area contributed by atoms with Gasteiger partial charge in [0.15, 0.2) is 0 Å². The molecule has 0 spiro atoms. The van der Waals surface area contributed by atoms with Crippen molar-refractivity contribution in [2.75, 3.05) is 33.7 Å². The second kappa shape index (κ2) is 6.81. The molecule has 1 aliphatic heterocycles. The van der Waals surface area contributed by atoms with Crippen LogP contribution in [0.15, 0.2) is 0 Å². The fourth-order valence-corrected chi connectivity index (χ4v) is 2.25. The normalized spacial score (nSPS) is 22.1. The van der Waals surface area contributed by atoms with Gasteiger partial charge < -0.3 is 9.80 Å². The first-order chi connectivity index (χ1) is 7.24. The minimum atomic E-state index is 0.706. The number of nitriles is 1. The van der Waals surface area contributed by atoms with Crippen molar-refractivity contribution in [2.24, 2.45) is 0 Å². The second-order valence-electron chi connectivity index (χ2n) is 4.65. The number of nitrogens with zero attached hydrogens (tertiary/aromatic N) is 3. The SMILES string of the molecule is CN(CCCCC#N)CC1CCCN1C. The van der Waals surface area contributed by atoms with Crippen LogP contribution in [-0.4, -0.2) is 49.6 Å². The third-order valence-electron chi connectivity index (χ3n) is 3.27. The summed E-state index contributed by atoms with van der Waals surface area (Å²) in [6.07, 6.45) is 5.60. The van der Waals surface area contributed by atoms with E-state index in [0.717, 1.165) is 25.4 Å². The summed E-state index contributed by atoms with van der Waals surface area (Å²) in [5.74, 6) is 0. The molecule has 3 nitrogen and oxygen atoms in total. The predicted octanol–water partition coefficient (Wildman–Crippen LogP) is 1.71. The highest BCUT2D eigenvalue weighted by molar-refractivity contribution is 4.78. The quantitative estimate of drug-likeness (QED) is 0.624. The van der Waals surface area contributed by atoms with Crippen LogP contribution < -0.4 is 0 Å². The molecule has 0 bridgehead atoms. The first-order valence-corrected chi connectivity index (χ1v) is 5.99. The molecule has 0 saturated carbocycles. The molecule has 1 atom stereocenters. The second-order valence-corrected chi connectivity index (χ2v) is 4.65. The molecule has 1 aliphatic rings. The lowest BCUT2D eigenvalue weighted by molar-refractivity contribution is 0.218. The summed E-state index contributed by atoms with van der Waals surface area (Å²) in [6.45, 7) is 3.57. The van der Waals surface area contributed by atoms with Gasteiger partial charge in [0, 0.05) is 19.0 Å². The van der Waals surface area contributed by atoms with Gasteiger partial charge in [-0.15, -0.1) is 0 Å². The molecule has 0 amide bonds. The van der Waals surface area contributed by atoms with Crippen molar-refractivity contribution in [3.63, 3.8) is 0 Å².